The summed E-state index contributed by atoms with van der Waals surface area (Å²) in [7, 11) is 0. The molecule has 0 aromatic heterocycles. The van der Waals surface area contributed by atoms with Crippen molar-refractivity contribution in [2.24, 2.45) is 10.9 Å². The largest absolute Gasteiger partial charge is 0.409 e. The van der Waals surface area contributed by atoms with E-state index in [2.05, 4.69) is 17.0 Å². The number of ether oxygens (including phenoxy) is 1. The van der Waals surface area contributed by atoms with Gasteiger partial charge in [0.2, 0.25) is 0 Å². The lowest BCUT2D eigenvalue weighted by Crippen LogP contribution is -2.45. The molecule has 0 aliphatic carbocycles. The third kappa shape index (κ3) is 3.16. The first-order valence-corrected chi connectivity index (χ1v) is 5.06. The Morgan fingerprint density at radius 1 is 1.71 bits per heavy atom. The van der Waals surface area contributed by atoms with Crippen LogP contribution in [0.4, 0.5) is 0 Å². The van der Waals surface area contributed by atoms with Crippen LogP contribution in [0.5, 0.6) is 0 Å². The molecule has 0 amide bonds. The van der Waals surface area contributed by atoms with Crippen molar-refractivity contribution in [1.29, 1.82) is 0 Å². The highest BCUT2D eigenvalue weighted by atomic mass is 16.5. The lowest BCUT2D eigenvalue weighted by Gasteiger charge is -2.32. The van der Waals surface area contributed by atoms with E-state index in [9.17, 15) is 0 Å². The van der Waals surface area contributed by atoms with Crippen molar-refractivity contribution < 1.29 is 9.94 Å². The van der Waals surface area contributed by atoms with Crippen molar-refractivity contribution in [1.82, 2.24) is 4.90 Å². The van der Waals surface area contributed by atoms with Crippen LogP contribution < -0.4 is 5.73 Å². The topological polar surface area (TPSA) is 71.1 Å². The van der Waals surface area contributed by atoms with Crippen molar-refractivity contribution in [2.75, 3.05) is 26.3 Å². The number of hydrogen-bond donors (Lipinski definition) is 2. The molecule has 1 rings (SSSR count). The van der Waals surface area contributed by atoms with Gasteiger partial charge in [-0.1, -0.05) is 12.1 Å². The normalized spacial score (nSPS) is 24.1. The van der Waals surface area contributed by atoms with Crippen molar-refractivity contribution in [3.63, 3.8) is 0 Å². The monoisotopic (exact) mass is 201 g/mol. The summed E-state index contributed by atoms with van der Waals surface area (Å²) in [6, 6.07) is 0.411. The molecule has 0 aromatic rings. The zero-order valence-electron chi connectivity index (χ0n) is 8.65. The van der Waals surface area contributed by atoms with Crippen LogP contribution in [0, 0.1) is 0 Å². The Morgan fingerprint density at radius 3 is 3.00 bits per heavy atom. The molecule has 0 saturated carbocycles. The van der Waals surface area contributed by atoms with Crippen molar-refractivity contribution >= 4 is 5.84 Å². The summed E-state index contributed by atoms with van der Waals surface area (Å²) in [5, 5.41) is 11.5. The van der Waals surface area contributed by atoms with Crippen LogP contribution in [-0.2, 0) is 4.74 Å². The average Bonchev–Trinajstić information content (AvgIpc) is 2.26. The molecule has 1 aliphatic heterocycles. The standard InChI is InChI=1S/C9H19N3O2/c1-2-12(6-9(10)11-13)8-4-3-5-14-7-8/h8,13H,2-7H2,1H3,(H2,10,11). The molecule has 5 heteroatoms. The molecule has 1 saturated heterocycles. The Labute approximate surface area is 84.5 Å². The summed E-state index contributed by atoms with van der Waals surface area (Å²) >= 11 is 0. The predicted molar refractivity (Wildman–Crippen MR) is 54.5 cm³/mol. The van der Waals surface area contributed by atoms with Gasteiger partial charge in [-0.25, -0.2) is 0 Å². The molecule has 14 heavy (non-hydrogen) atoms. The molecular weight excluding hydrogens is 182 g/mol. The van der Waals surface area contributed by atoms with E-state index >= 15 is 0 Å². The summed E-state index contributed by atoms with van der Waals surface area (Å²) in [6.45, 7) is 5.09. The van der Waals surface area contributed by atoms with E-state index in [-0.39, 0.29) is 5.84 Å². The van der Waals surface area contributed by atoms with Gasteiger partial charge in [0, 0.05) is 12.6 Å². The second-order valence-electron chi connectivity index (χ2n) is 3.53. The number of oxime groups is 1. The van der Waals surface area contributed by atoms with Crippen LogP contribution >= 0.6 is 0 Å². The number of nitrogens with zero attached hydrogens (tertiary/aromatic N) is 2. The smallest absolute Gasteiger partial charge is 0.153 e. The van der Waals surface area contributed by atoms with Crippen molar-refractivity contribution in [3.05, 3.63) is 0 Å². The van der Waals surface area contributed by atoms with Crippen molar-refractivity contribution in [2.45, 2.75) is 25.8 Å². The Hall–Kier alpha value is -0.810. The van der Waals surface area contributed by atoms with E-state index < -0.39 is 0 Å². The molecule has 1 unspecified atom stereocenters. The Kier molecular flexibility index (Phi) is 4.69. The first kappa shape index (κ1) is 11.3. The van der Waals surface area contributed by atoms with Crippen LogP contribution in [-0.4, -0.2) is 48.3 Å². The minimum Gasteiger partial charge on any atom is -0.409 e. The highest BCUT2D eigenvalue weighted by molar-refractivity contribution is 5.81. The number of rotatable bonds is 4. The second-order valence-corrected chi connectivity index (χ2v) is 3.53. The summed E-state index contributed by atoms with van der Waals surface area (Å²) in [6.07, 6.45) is 2.23. The zero-order valence-corrected chi connectivity index (χ0v) is 8.65. The maximum atomic E-state index is 8.48. The molecule has 1 aliphatic rings. The Morgan fingerprint density at radius 2 is 2.50 bits per heavy atom. The number of likely N-dealkylation sites (N-methyl/N-ethyl adjacent to an activating group) is 1. The fourth-order valence-corrected chi connectivity index (χ4v) is 1.75. The van der Waals surface area contributed by atoms with Crippen LogP contribution in [0.1, 0.15) is 19.8 Å². The minimum atomic E-state index is 0.262. The maximum Gasteiger partial charge on any atom is 0.153 e. The molecule has 0 bridgehead atoms. The molecule has 0 radical (unpaired) electrons. The fraction of sp³-hybridized carbons (Fsp3) is 0.889. The molecule has 0 spiro atoms. The van der Waals surface area contributed by atoms with E-state index in [0.29, 0.717) is 12.6 Å². The molecule has 1 heterocycles. The van der Waals surface area contributed by atoms with Crippen LogP contribution in [0.25, 0.3) is 0 Å². The SMILES string of the molecule is CCN(CC(N)=NO)C1CCCOC1. The molecule has 1 fully saturated rings. The quantitative estimate of drug-likeness (QED) is 0.296. The first-order valence-electron chi connectivity index (χ1n) is 5.06. The highest BCUT2D eigenvalue weighted by Gasteiger charge is 2.20. The lowest BCUT2D eigenvalue weighted by molar-refractivity contribution is 0.0252. The minimum absolute atomic E-state index is 0.262. The third-order valence-corrected chi connectivity index (χ3v) is 2.55. The van der Waals surface area contributed by atoms with Gasteiger partial charge in [-0.05, 0) is 19.4 Å². The van der Waals surface area contributed by atoms with Crippen LogP contribution in [0.2, 0.25) is 0 Å². The number of amidine groups is 1. The first-order chi connectivity index (χ1) is 6.77. The van der Waals surface area contributed by atoms with Gasteiger partial charge in [-0.3, -0.25) is 4.90 Å². The summed E-state index contributed by atoms with van der Waals surface area (Å²) in [5.74, 6) is 0.262. The Balaban J connectivity index is 2.43. The lowest BCUT2D eigenvalue weighted by atomic mass is 10.1. The number of nitrogens with two attached hydrogens (primary N) is 1. The molecular formula is C9H19N3O2. The molecule has 0 aromatic carbocycles. The molecule has 3 N–H and O–H groups in total. The predicted octanol–water partition coefficient (Wildman–Crippen LogP) is 0.234. The zero-order chi connectivity index (χ0) is 10.4. The number of hydrogen-bond acceptors (Lipinski definition) is 4. The Bertz CT molecular complexity index is 190. The third-order valence-electron chi connectivity index (χ3n) is 2.55. The summed E-state index contributed by atoms with van der Waals surface area (Å²) in [4.78, 5) is 2.17. The van der Waals surface area contributed by atoms with Gasteiger partial charge in [0.15, 0.2) is 5.84 Å². The fourth-order valence-electron chi connectivity index (χ4n) is 1.75. The summed E-state index contributed by atoms with van der Waals surface area (Å²) < 4.78 is 5.40. The van der Waals surface area contributed by atoms with Gasteiger partial charge in [0.1, 0.15) is 0 Å². The second kappa shape index (κ2) is 5.82. The molecule has 5 nitrogen and oxygen atoms in total. The molecule has 1 atom stereocenters. The van der Waals surface area contributed by atoms with E-state index in [1.165, 1.54) is 0 Å². The van der Waals surface area contributed by atoms with Gasteiger partial charge in [-0.2, -0.15) is 0 Å². The van der Waals surface area contributed by atoms with Crippen LogP contribution in [0.3, 0.4) is 0 Å². The van der Waals surface area contributed by atoms with E-state index in [1.807, 2.05) is 0 Å². The van der Waals surface area contributed by atoms with Crippen molar-refractivity contribution in [3.8, 4) is 0 Å². The van der Waals surface area contributed by atoms with Gasteiger partial charge in [-0.15, -0.1) is 0 Å². The van der Waals surface area contributed by atoms with Gasteiger partial charge >= 0.3 is 0 Å². The van der Waals surface area contributed by atoms with E-state index in [4.69, 9.17) is 15.7 Å². The average molecular weight is 201 g/mol. The van der Waals surface area contributed by atoms with E-state index in [0.717, 1.165) is 32.6 Å². The van der Waals surface area contributed by atoms with E-state index in [1.54, 1.807) is 0 Å². The van der Waals surface area contributed by atoms with Crippen LogP contribution in [0.15, 0.2) is 5.16 Å². The van der Waals surface area contributed by atoms with Gasteiger partial charge < -0.3 is 15.7 Å². The molecule has 82 valence electrons. The maximum absolute atomic E-state index is 8.48. The highest BCUT2D eigenvalue weighted by Crippen LogP contribution is 2.12. The summed E-state index contributed by atoms with van der Waals surface area (Å²) in [5.41, 5.74) is 5.47. The van der Waals surface area contributed by atoms with Gasteiger partial charge in [0.25, 0.3) is 0 Å². The van der Waals surface area contributed by atoms with Gasteiger partial charge in [0.05, 0.1) is 13.2 Å².